The van der Waals surface area contributed by atoms with Gasteiger partial charge in [0.25, 0.3) is 5.91 Å². The Bertz CT molecular complexity index is 1090. The molecule has 0 unspecified atom stereocenters. The summed E-state index contributed by atoms with van der Waals surface area (Å²) in [7, 11) is 0. The van der Waals surface area contributed by atoms with E-state index in [1.54, 1.807) is 22.7 Å². The molecule has 0 saturated carbocycles. The summed E-state index contributed by atoms with van der Waals surface area (Å²) in [5, 5.41) is 2.74. The van der Waals surface area contributed by atoms with Gasteiger partial charge in [-0.05, 0) is 56.7 Å². The molecular weight excluding hydrogens is 453 g/mol. The number of carbonyl (C=O) groups is 2. The summed E-state index contributed by atoms with van der Waals surface area (Å²) in [5.41, 5.74) is 1.12. The third-order valence-electron chi connectivity index (χ3n) is 4.34. The summed E-state index contributed by atoms with van der Waals surface area (Å²) in [5.74, 6) is -1.17. The van der Waals surface area contributed by atoms with Gasteiger partial charge < -0.3 is 10.1 Å². The second kappa shape index (κ2) is 9.06. The molecule has 0 aliphatic rings. The maximum atomic E-state index is 14.3. The number of halogens is 2. The number of rotatable bonds is 7. The molecular formula is C22H23BrFN3O3. The molecule has 0 spiro atoms. The molecule has 1 N–H and O–H groups in total. The molecule has 6 nitrogen and oxygen atoms in total. The number of ether oxygens (including phenoxy) is 1. The molecule has 2 heterocycles. The summed E-state index contributed by atoms with van der Waals surface area (Å²) < 4.78 is 22.4. The van der Waals surface area contributed by atoms with Crippen molar-refractivity contribution in [3.8, 4) is 0 Å². The van der Waals surface area contributed by atoms with Gasteiger partial charge in [0.2, 0.25) is 0 Å². The maximum Gasteiger partial charge on any atom is 0.251 e. The molecule has 30 heavy (non-hydrogen) atoms. The van der Waals surface area contributed by atoms with Crippen LogP contribution in [0.5, 0.6) is 0 Å². The minimum Gasteiger partial charge on any atom is -0.374 e. The fraction of sp³-hybridized carbons (Fsp3) is 0.318. The zero-order valence-electron chi connectivity index (χ0n) is 17.0. The maximum absolute atomic E-state index is 14.3. The Morgan fingerprint density at radius 3 is 2.73 bits per heavy atom. The van der Waals surface area contributed by atoms with E-state index in [0.717, 1.165) is 4.47 Å². The Morgan fingerprint density at radius 2 is 2.00 bits per heavy atom. The number of hydrogen-bond acceptors (Lipinski definition) is 4. The number of aromatic nitrogens is 2. The molecule has 0 aliphatic carbocycles. The van der Waals surface area contributed by atoms with Crippen LogP contribution >= 0.6 is 15.9 Å². The number of fused-ring (bicyclic) bond motifs is 1. The van der Waals surface area contributed by atoms with Gasteiger partial charge in [-0.3, -0.25) is 14.0 Å². The number of nitrogens with zero attached hydrogens (tertiary/aromatic N) is 2. The van der Waals surface area contributed by atoms with Crippen LogP contribution in [0.1, 0.15) is 47.2 Å². The van der Waals surface area contributed by atoms with E-state index in [-0.39, 0.29) is 34.8 Å². The number of pyridine rings is 1. The van der Waals surface area contributed by atoms with Gasteiger partial charge in [-0.2, -0.15) is 0 Å². The van der Waals surface area contributed by atoms with Crippen molar-refractivity contribution in [2.45, 2.75) is 32.8 Å². The molecule has 0 atom stereocenters. The van der Waals surface area contributed by atoms with Crippen LogP contribution in [0.4, 0.5) is 4.39 Å². The number of nitrogens with one attached hydrogen (secondary N) is 1. The SMILES string of the molecule is CC(C)(C)OCCNC(=O)c1ccc(F)c(CC(=O)c2cnc3cc(Br)ccn23)c1. The summed E-state index contributed by atoms with van der Waals surface area (Å²) in [6.45, 7) is 6.49. The number of Topliss-reactive ketones (excluding diaryl/α,β-unsaturated/α-hetero) is 1. The van der Waals surface area contributed by atoms with Gasteiger partial charge in [0.15, 0.2) is 5.78 Å². The fourth-order valence-electron chi connectivity index (χ4n) is 2.90. The first-order valence-corrected chi connectivity index (χ1v) is 10.3. The van der Waals surface area contributed by atoms with Crippen molar-refractivity contribution in [3.05, 3.63) is 69.8 Å². The van der Waals surface area contributed by atoms with Crippen molar-refractivity contribution < 1.29 is 18.7 Å². The predicted molar refractivity (Wildman–Crippen MR) is 115 cm³/mol. The van der Waals surface area contributed by atoms with E-state index in [4.69, 9.17) is 4.74 Å². The molecule has 3 aromatic rings. The van der Waals surface area contributed by atoms with Crippen LogP contribution in [0.25, 0.3) is 5.65 Å². The van der Waals surface area contributed by atoms with Crippen molar-refractivity contribution in [1.82, 2.24) is 14.7 Å². The third kappa shape index (κ3) is 5.52. The molecule has 1 aromatic carbocycles. The summed E-state index contributed by atoms with van der Waals surface area (Å²) in [4.78, 5) is 29.3. The first-order valence-electron chi connectivity index (χ1n) is 9.50. The molecule has 3 rings (SSSR count). The number of imidazole rings is 1. The Hall–Kier alpha value is -2.58. The van der Waals surface area contributed by atoms with Crippen molar-refractivity contribution in [1.29, 1.82) is 0 Å². The second-order valence-corrected chi connectivity index (χ2v) is 8.76. The largest absolute Gasteiger partial charge is 0.374 e. The highest BCUT2D eigenvalue weighted by molar-refractivity contribution is 9.10. The van der Waals surface area contributed by atoms with Gasteiger partial charge in [-0.25, -0.2) is 9.37 Å². The van der Waals surface area contributed by atoms with E-state index >= 15 is 0 Å². The molecule has 1 amide bonds. The lowest BCUT2D eigenvalue weighted by atomic mass is 10.0. The average Bonchev–Trinajstić information content (AvgIpc) is 3.09. The van der Waals surface area contributed by atoms with Gasteiger partial charge >= 0.3 is 0 Å². The lowest BCUT2D eigenvalue weighted by Gasteiger charge is -2.19. The predicted octanol–water partition coefficient (Wildman–Crippen LogP) is 4.21. The van der Waals surface area contributed by atoms with E-state index in [2.05, 4.69) is 26.2 Å². The molecule has 0 saturated heterocycles. The molecule has 2 aromatic heterocycles. The van der Waals surface area contributed by atoms with Gasteiger partial charge in [-0.1, -0.05) is 15.9 Å². The van der Waals surface area contributed by atoms with Gasteiger partial charge in [0, 0.05) is 29.2 Å². The fourth-order valence-corrected chi connectivity index (χ4v) is 3.22. The molecule has 158 valence electrons. The zero-order chi connectivity index (χ0) is 21.9. The van der Waals surface area contributed by atoms with Gasteiger partial charge in [0.1, 0.15) is 17.2 Å². The van der Waals surface area contributed by atoms with Crippen molar-refractivity contribution in [3.63, 3.8) is 0 Å². The van der Waals surface area contributed by atoms with E-state index in [9.17, 15) is 14.0 Å². The molecule has 0 aliphatic heterocycles. The van der Waals surface area contributed by atoms with Crippen LogP contribution in [0.2, 0.25) is 0 Å². The van der Waals surface area contributed by atoms with Crippen LogP contribution in [0.15, 0.2) is 47.2 Å². The summed E-state index contributed by atoms with van der Waals surface area (Å²) in [6.07, 6.45) is 3.01. The lowest BCUT2D eigenvalue weighted by molar-refractivity contribution is -0.000655. The second-order valence-electron chi connectivity index (χ2n) is 7.84. The Labute approximate surface area is 182 Å². The minimum absolute atomic E-state index is 0.158. The van der Waals surface area contributed by atoms with Crippen LogP contribution in [0, 0.1) is 5.82 Å². The minimum atomic E-state index is -0.535. The first-order chi connectivity index (χ1) is 14.1. The third-order valence-corrected chi connectivity index (χ3v) is 4.84. The topological polar surface area (TPSA) is 72.7 Å². The van der Waals surface area contributed by atoms with Crippen LogP contribution in [-0.4, -0.2) is 39.8 Å². The van der Waals surface area contributed by atoms with E-state index < -0.39 is 5.82 Å². The summed E-state index contributed by atoms with van der Waals surface area (Å²) >= 11 is 3.36. The lowest BCUT2D eigenvalue weighted by Crippen LogP contribution is -2.30. The van der Waals surface area contributed by atoms with E-state index in [1.165, 1.54) is 24.4 Å². The van der Waals surface area contributed by atoms with Crippen molar-refractivity contribution >= 4 is 33.3 Å². The number of carbonyl (C=O) groups excluding carboxylic acids is 2. The Kier molecular flexibility index (Phi) is 6.67. The quantitative estimate of drug-likeness (QED) is 0.410. The number of hydrogen-bond donors (Lipinski definition) is 1. The van der Waals surface area contributed by atoms with E-state index in [1.807, 2.05) is 20.8 Å². The van der Waals surface area contributed by atoms with Crippen LogP contribution in [-0.2, 0) is 11.2 Å². The van der Waals surface area contributed by atoms with Crippen molar-refractivity contribution in [2.24, 2.45) is 0 Å². The van der Waals surface area contributed by atoms with Gasteiger partial charge in [0.05, 0.1) is 18.4 Å². The Morgan fingerprint density at radius 1 is 1.23 bits per heavy atom. The van der Waals surface area contributed by atoms with Gasteiger partial charge in [-0.15, -0.1) is 0 Å². The molecule has 0 radical (unpaired) electrons. The van der Waals surface area contributed by atoms with E-state index in [0.29, 0.717) is 24.5 Å². The van der Waals surface area contributed by atoms with Crippen LogP contribution in [0.3, 0.4) is 0 Å². The number of benzene rings is 1. The summed E-state index contributed by atoms with van der Waals surface area (Å²) in [6, 6.07) is 7.59. The highest BCUT2D eigenvalue weighted by atomic mass is 79.9. The van der Waals surface area contributed by atoms with Crippen molar-refractivity contribution in [2.75, 3.05) is 13.2 Å². The Balaban J connectivity index is 1.70. The zero-order valence-corrected chi connectivity index (χ0v) is 18.6. The van der Waals surface area contributed by atoms with Crippen LogP contribution < -0.4 is 5.32 Å². The highest BCUT2D eigenvalue weighted by Crippen LogP contribution is 2.18. The number of ketones is 1. The smallest absolute Gasteiger partial charge is 0.251 e. The first kappa shape index (κ1) is 22.1. The normalized spacial score (nSPS) is 11.6. The standard InChI is InChI=1S/C22H23BrFN3O3/c1-22(2,3)30-9-7-25-21(29)14-4-5-17(24)15(10-14)11-19(28)18-13-26-20-12-16(23)6-8-27(18)20/h4-6,8,10,12-13H,7,9,11H2,1-3H3,(H,25,29). The average molecular weight is 476 g/mol. The molecule has 0 bridgehead atoms. The molecule has 0 fully saturated rings. The number of amides is 1. The monoisotopic (exact) mass is 475 g/mol. The molecule has 8 heteroatoms. The highest BCUT2D eigenvalue weighted by Gasteiger charge is 2.17.